The second-order valence-corrected chi connectivity index (χ2v) is 4.59. The molecule has 0 aliphatic rings. The van der Waals surface area contributed by atoms with E-state index in [1.165, 1.54) is 0 Å². The Morgan fingerprint density at radius 3 is 2.76 bits per heavy atom. The summed E-state index contributed by atoms with van der Waals surface area (Å²) < 4.78 is 0. The summed E-state index contributed by atoms with van der Waals surface area (Å²) in [7, 11) is 0. The van der Waals surface area contributed by atoms with Crippen molar-refractivity contribution >= 4 is 23.8 Å². The second-order valence-electron chi connectivity index (χ2n) is 3.44. The number of aliphatic carboxylic acids is 1. The van der Waals surface area contributed by atoms with Crippen LogP contribution in [-0.4, -0.2) is 41.2 Å². The summed E-state index contributed by atoms with van der Waals surface area (Å²) in [6, 6.07) is -1.23. The largest absolute Gasteiger partial charge is 0.480 e. The Bertz CT molecular complexity index is 259. The lowest BCUT2D eigenvalue weighted by Crippen LogP contribution is -2.46. The molecule has 17 heavy (non-hydrogen) atoms. The lowest BCUT2D eigenvalue weighted by Gasteiger charge is -2.14. The fourth-order valence-corrected chi connectivity index (χ4v) is 1.74. The molecule has 6 heteroatoms. The average molecular weight is 260 g/mol. The van der Waals surface area contributed by atoms with Crippen LogP contribution in [0.25, 0.3) is 0 Å². The molecule has 0 bridgehead atoms. The van der Waals surface area contributed by atoms with Gasteiger partial charge in [-0.25, -0.2) is 9.59 Å². The van der Waals surface area contributed by atoms with Crippen molar-refractivity contribution in [3.63, 3.8) is 0 Å². The molecule has 0 aromatic rings. The van der Waals surface area contributed by atoms with Gasteiger partial charge in [-0.15, -0.1) is 6.58 Å². The van der Waals surface area contributed by atoms with Crippen molar-refractivity contribution in [1.82, 2.24) is 10.6 Å². The third-order valence-electron chi connectivity index (χ3n) is 1.95. The highest BCUT2D eigenvalue weighted by molar-refractivity contribution is 7.99. The SMILES string of the molecule is C=CCSCCNC(=O)N[C@@H](CCC)C(=O)O. The number of carbonyl (C=O) groups is 2. The zero-order valence-corrected chi connectivity index (χ0v) is 10.9. The predicted molar refractivity (Wildman–Crippen MR) is 70.4 cm³/mol. The molecule has 0 saturated heterocycles. The van der Waals surface area contributed by atoms with Gasteiger partial charge in [-0.05, 0) is 6.42 Å². The van der Waals surface area contributed by atoms with E-state index in [1.807, 2.05) is 6.92 Å². The molecular formula is C11H20N2O3S. The van der Waals surface area contributed by atoms with Gasteiger partial charge in [-0.2, -0.15) is 11.8 Å². The molecule has 1 atom stereocenters. The summed E-state index contributed by atoms with van der Waals surface area (Å²) >= 11 is 1.65. The number of thioether (sulfide) groups is 1. The molecule has 3 N–H and O–H groups in total. The fourth-order valence-electron chi connectivity index (χ4n) is 1.16. The van der Waals surface area contributed by atoms with Crippen molar-refractivity contribution in [3.05, 3.63) is 12.7 Å². The predicted octanol–water partition coefficient (Wildman–Crippen LogP) is 1.46. The van der Waals surface area contributed by atoms with Crippen molar-refractivity contribution in [3.8, 4) is 0 Å². The third kappa shape index (κ3) is 8.62. The van der Waals surface area contributed by atoms with Gasteiger partial charge in [0, 0.05) is 18.1 Å². The molecule has 0 aliphatic carbocycles. The monoisotopic (exact) mass is 260 g/mol. The van der Waals surface area contributed by atoms with Gasteiger partial charge in [0.15, 0.2) is 0 Å². The Morgan fingerprint density at radius 2 is 2.24 bits per heavy atom. The van der Waals surface area contributed by atoms with Crippen LogP contribution >= 0.6 is 11.8 Å². The van der Waals surface area contributed by atoms with Gasteiger partial charge in [-0.1, -0.05) is 19.4 Å². The Hall–Kier alpha value is -1.17. The van der Waals surface area contributed by atoms with Gasteiger partial charge >= 0.3 is 12.0 Å². The lowest BCUT2D eigenvalue weighted by atomic mass is 10.2. The van der Waals surface area contributed by atoms with Crippen LogP contribution in [0.2, 0.25) is 0 Å². The standard InChI is InChI=1S/C11H20N2O3S/c1-3-5-9(10(14)15)13-11(16)12-6-8-17-7-4-2/h4,9H,2-3,5-8H2,1H3,(H,14,15)(H2,12,13,16)/t9-/m0/s1. The van der Waals surface area contributed by atoms with Crippen LogP contribution in [0.1, 0.15) is 19.8 Å². The van der Waals surface area contributed by atoms with Crippen LogP contribution in [-0.2, 0) is 4.79 Å². The van der Waals surface area contributed by atoms with Crippen LogP contribution in [0.4, 0.5) is 4.79 Å². The summed E-state index contributed by atoms with van der Waals surface area (Å²) in [5.41, 5.74) is 0. The second kappa shape index (κ2) is 10.0. The van der Waals surface area contributed by atoms with Crippen LogP contribution in [0, 0.1) is 0 Å². The van der Waals surface area contributed by atoms with Gasteiger partial charge in [-0.3, -0.25) is 0 Å². The van der Waals surface area contributed by atoms with Crippen molar-refractivity contribution in [2.24, 2.45) is 0 Å². The molecule has 0 saturated carbocycles. The van der Waals surface area contributed by atoms with E-state index in [2.05, 4.69) is 17.2 Å². The molecule has 2 amide bonds. The van der Waals surface area contributed by atoms with E-state index in [-0.39, 0.29) is 0 Å². The Balaban J connectivity index is 3.74. The average Bonchev–Trinajstić information content (AvgIpc) is 2.28. The molecule has 0 spiro atoms. The van der Waals surface area contributed by atoms with Crippen molar-refractivity contribution < 1.29 is 14.7 Å². The van der Waals surface area contributed by atoms with E-state index in [4.69, 9.17) is 5.11 Å². The molecule has 0 heterocycles. The Kier molecular flexibility index (Phi) is 9.33. The summed E-state index contributed by atoms with van der Waals surface area (Å²) in [5, 5.41) is 13.9. The Morgan fingerprint density at radius 1 is 1.53 bits per heavy atom. The van der Waals surface area contributed by atoms with Crippen LogP contribution in [0.15, 0.2) is 12.7 Å². The molecule has 0 fully saturated rings. The first-order chi connectivity index (χ1) is 8.11. The van der Waals surface area contributed by atoms with Crippen molar-refractivity contribution in [1.29, 1.82) is 0 Å². The van der Waals surface area contributed by atoms with Crippen molar-refractivity contribution in [2.75, 3.05) is 18.1 Å². The molecule has 98 valence electrons. The number of carboxylic acids is 1. The number of carboxylic acid groups (broad SMARTS) is 1. The molecule has 0 aromatic heterocycles. The number of urea groups is 1. The topological polar surface area (TPSA) is 78.4 Å². The zero-order valence-electron chi connectivity index (χ0n) is 10.1. The van der Waals surface area contributed by atoms with Crippen LogP contribution < -0.4 is 10.6 Å². The molecule has 0 rings (SSSR count). The minimum Gasteiger partial charge on any atom is -0.480 e. The molecule has 5 nitrogen and oxygen atoms in total. The smallest absolute Gasteiger partial charge is 0.326 e. The minimum absolute atomic E-state index is 0.426. The maximum atomic E-state index is 11.4. The van der Waals surface area contributed by atoms with Crippen molar-refractivity contribution in [2.45, 2.75) is 25.8 Å². The fraction of sp³-hybridized carbons (Fsp3) is 0.636. The first kappa shape index (κ1) is 15.8. The summed E-state index contributed by atoms with van der Waals surface area (Å²) in [6.07, 6.45) is 2.95. The number of hydrogen-bond donors (Lipinski definition) is 3. The van der Waals surface area contributed by atoms with E-state index in [0.717, 1.165) is 11.5 Å². The first-order valence-electron chi connectivity index (χ1n) is 5.57. The number of amides is 2. The summed E-state index contributed by atoms with van der Waals surface area (Å²) in [4.78, 5) is 22.1. The molecule has 0 aromatic carbocycles. The third-order valence-corrected chi connectivity index (χ3v) is 2.91. The molecule has 0 aliphatic heterocycles. The molecule has 0 unspecified atom stereocenters. The number of nitrogens with one attached hydrogen (secondary N) is 2. The first-order valence-corrected chi connectivity index (χ1v) is 6.73. The van der Waals surface area contributed by atoms with E-state index in [1.54, 1.807) is 17.8 Å². The highest BCUT2D eigenvalue weighted by atomic mass is 32.2. The quantitative estimate of drug-likeness (QED) is 0.433. The van der Waals surface area contributed by atoms with Gasteiger partial charge in [0.05, 0.1) is 0 Å². The van der Waals surface area contributed by atoms with Gasteiger partial charge in [0.25, 0.3) is 0 Å². The maximum Gasteiger partial charge on any atom is 0.326 e. The highest BCUT2D eigenvalue weighted by Gasteiger charge is 2.17. The summed E-state index contributed by atoms with van der Waals surface area (Å²) in [6.45, 7) is 5.98. The zero-order chi connectivity index (χ0) is 13.1. The summed E-state index contributed by atoms with van der Waals surface area (Å²) in [5.74, 6) is 0.630. The van der Waals surface area contributed by atoms with E-state index in [9.17, 15) is 9.59 Å². The lowest BCUT2D eigenvalue weighted by molar-refractivity contribution is -0.139. The minimum atomic E-state index is -0.997. The molecule has 0 radical (unpaired) electrons. The van der Waals surface area contributed by atoms with Crippen LogP contribution in [0.3, 0.4) is 0 Å². The van der Waals surface area contributed by atoms with E-state index >= 15 is 0 Å². The normalized spacial score (nSPS) is 11.6. The van der Waals surface area contributed by atoms with Gasteiger partial charge in [0.2, 0.25) is 0 Å². The Labute approximate surface area is 106 Å². The van der Waals surface area contributed by atoms with E-state index in [0.29, 0.717) is 19.4 Å². The number of hydrogen-bond acceptors (Lipinski definition) is 3. The highest BCUT2D eigenvalue weighted by Crippen LogP contribution is 1.98. The van der Waals surface area contributed by atoms with Crippen LogP contribution in [0.5, 0.6) is 0 Å². The number of carbonyl (C=O) groups excluding carboxylic acids is 1. The maximum absolute atomic E-state index is 11.4. The van der Waals surface area contributed by atoms with E-state index < -0.39 is 18.0 Å². The van der Waals surface area contributed by atoms with Gasteiger partial charge < -0.3 is 15.7 Å². The number of rotatable bonds is 9. The van der Waals surface area contributed by atoms with Gasteiger partial charge in [0.1, 0.15) is 6.04 Å². The molecular weight excluding hydrogens is 240 g/mol.